The molecule has 1 aliphatic rings. The molecule has 0 radical (unpaired) electrons. The standard InChI is InChI=1S/C25H23F3N4O2/c26-25(27,28)17-7-4-8-21(15-17)30-23(33)22(16-5-2-1-3-6-16)29-18-9-11-19(12-10-18)31-24(34)32-20-13-14-20/h1-12,15,20,22,29H,13-14H2,(H,30,33)(H2,31,32,34). The van der Waals surface area contributed by atoms with Crippen LogP contribution in [0.1, 0.15) is 30.0 Å². The first-order valence-electron chi connectivity index (χ1n) is 10.7. The van der Waals surface area contributed by atoms with E-state index in [0.29, 0.717) is 16.9 Å². The Morgan fingerprint density at radius 2 is 1.47 bits per heavy atom. The highest BCUT2D eigenvalue weighted by Crippen LogP contribution is 2.31. The highest BCUT2D eigenvalue weighted by Gasteiger charge is 2.31. The van der Waals surface area contributed by atoms with Gasteiger partial charge in [-0.1, -0.05) is 36.4 Å². The third-order valence-corrected chi connectivity index (χ3v) is 5.22. The van der Waals surface area contributed by atoms with E-state index in [4.69, 9.17) is 0 Å². The summed E-state index contributed by atoms with van der Waals surface area (Å²) in [6.45, 7) is 0. The molecule has 4 N–H and O–H groups in total. The Bertz CT molecular complexity index is 1150. The molecule has 9 heteroatoms. The Balaban J connectivity index is 1.48. The van der Waals surface area contributed by atoms with E-state index in [1.54, 1.807) is 54.6 Å². The molecule has 3 aromatic rings. The minimum Gasteiger partial charge on any atom is -0.370 e. The Morgan fingerprint density at radius 1 is 0.794 bits per heavy atom. The fourth-order valence-electron chi connectivity index (χ4n) is 3.33. The zero-order valence-corrected chi connectivity index (χ0v) is 18.0. The number of hydrogen-bond donors (Lipinski definition) is 4. The van der Waals surface area contributed by atoms with Crippen LogP contribution in [0.15, 0.2) is 78.9 Å². The van der Waals surface area contributed by atoms with E-state index in [1.165, 1.54) is 12.1 Å². The normalized spacial score (nSPS) is 14.1. The maximum Gasteiger partial charge on any atom is 0.416 e. The number of carbonyl (C=O) groups is 2. The zero-order valence-electron chi connectivity index (χ0n) is 18.0. The summed E-state index contributed by atoms with van der Waals surface area (Å²) >= 11 is 0. The van der Waals surface area contributed by atoms with Crippen molar-refractivity contribution < 1.29 is 22.8 Å². The Kier molecular flexibility index (Phi) is 6.72. The van der Waals surface area contributed by atoms with Crippen LogP contribution < -0.4 is 21.3 Å². The van der Waals surface area contributed by atoms with E-state index in [1.807, 2.05) is 0 Å². The second-order valence-electron chi connectivity index (χ2n) is 8.01. The van der Waals surface area contributed by atoms with Gasteiger partial charge in [0.05, 0.1) is 5.56 Å². The number of amides is 3. The quantitative estimate of drug-likeness (QED) is 0.355. The molecule has 0 heterocycles. The van der Waals surface area contributed by atoms with Crippen LogP contribution in [0.4, 0.5) is 35.0 Å². The van der Waals surface area contributed by atoms with Gasteiger partial charge in [0.25, 0.3) is 5.91 Å². The first-order valence-corrected chi connectivity index (χ1v) is 10.7. The van der Waals surface area contributed by atoms with E-state index in [9.17, 15) is 22.8 Å². The average Bonchev–Trinajstić information content (AvgIpc) is 3.62. The highest BCUT2D eigenvalue weighted by atomic mass is 19.4. The average molecular weight is 468 g/mol. The number of carbonyl (C=O) groups excluding carboxylic acids is 2. The van der Waals surface area contributed by atoms with Crippen LogP contribution in [-0.4, -0.2) is 18.0 Å². The van der Waals surface area contributed by atoms with Gasteiger partial charge in [0.15, 0.2) is 0 Å². The van der Waals surface area contributed by atoms with E-state index in [2.05, 4.69) is 21.3 Å². The molecule has 1 fully saturated rings. The topological polar surface area (TPSA) is 82.3 Å². The summed E-state index contributed by atoms with van der Waals surface area (Å²) in [5, 5.41) is 11.3. The third kappa shape index (κ3) is 6.28. The van der Waals surface area contributed by atoms with Gasteiger partial charge in [0.2, 0.25) is 0 Å². The van der Waals surface area contributed by atoms with Crippen LogP contribution >= 0.6 is 0 Å². The molecule has 4 rings (SSSR count). The van der Waals surface area contributed by atoms with Crippen molar-refractivity contribution in [3.63, 3.8) is 0 Å². The van der Waals surface area contributed by atoms with Crippen molar-refractivity contribution in [2.24, 2.45) is 0 Å². The van der Waals surface area contributed by atoms with Crippen molar-refractivity contribution in [3.8, 4) is 0 Å². The molecular formula is C25H23F3N4O2. The molecule has 0 aliphatic heterocycles. The van der Waals surface area contributed by atoms with Gasteiger partial charge in [-0.3, -0.25) is 4.79 Å². The maximum atomic E-state index is 13.1. The van der Waals surface area contributed by atoms with Crippen LogP contribution in [-0.2, 0) is 11.0 Å². The van der Waals surface area contributed by atoms with Crippen molar-refractivity contribution >= 4 is 29.0 Å². The third-order valence-electron chi connectivity index (χ3n) is 5.22. The van der Waals surface area contributed by atoms with Crippen molar-refractivity contribution in [1.29, 1.82) is 0 Å². The molecule has 0 bridgehead atoms. The van der Waals surface area contributed by atoms with Crippen LogP contribution in [0.3, 0.4) is 0 Å². The number of halogens is 3. The SMILES string of the molecule is O=C(Nc1ccc(NC(C(=O)Nc2cccc(C(F)(F)F)c2)c2ccccc2)cc1)NC1CC1. The van der Waals surface area contributed by atoms with Gasteiger partial charge in [-0.15, -0.1) is 0 Å². The van der Waals surface area contributed by atoms with E-state index >= 15 is 0 Å². The van der Waals surface area contributed by atoms with Crippen molar-refractivity contribution in [3.05, 3.63) is 90.0 Å². The second-order valence-corrected chi connectivity index (χ2v) is 8.01. The predicted molar refractivity (Wildman–Crippen MR) is 124 cm³/mol. The van der Waals surface area contributed by atoms with Gasteiger partial charge in [0, 0.05) is 23.1 Å². The second kappa shape index (κ2) is 9.86. The molecule has 0 aromatic heterocycles. The lowest BCUT2D eigenvalue weighted by Gasteiger charge is -2.21. The van der Waals surface area contributed by atoms with Crippen LogP contribution in [0, 0.1) is 0 Å². The Labute approximate surface area is 194 Å². The summed E-state index contributed by atoms with van der Waals surface area (Å²) in [5.41, 5.74) is 1.03. The smallest absolute Gasteiger partial charge is 0.370 e. The summed E-state index contributed by atoms with van der Waals surface area (Å²) < 4.78 is 39.1. The highest BCUT2D eigenvalue weighted by molar-refractivity contribution is 5.97. The molecule has 34 heavy (non-hydrogen) atoms. The molecule has 1 unspecified atom stereocenters. The van der Waals surface area contributed by atoms with Gasteiger partial charge < -0.3 is 21.3 Å². The molecular weight excluding hydrogens is 445 g/mol. The van der Waals surface area contributed by atoms with Crippen LogP contribution in [0.2, 0.25) is 0 Å². The summed E-state index contributed by atoms with van der Waals surface area (Å²) in [6, 6.07) is 19.2. The number of rotatable bonds is 7. The lowest BCUT2D eigenvalue weighted by atomic mass is 10.1. The van der Waals surface area contributed by atoms with Crippen molar-refractivity contribution in [2.75, 3.05) is 16.0 Å². The number of anilines is 3. The van der Waals surface area contributed by atoms with Crippen LogP contribution in [0.25, 0.3) is 0 Å². The summed E-state index contributed by atoms with van der Waals surface area (Å²) in [4.78, 5) is 25.0. The lowest BCUT2D eigenvalue weighted by Crippen LogP contribution is -2.30. The van der Waals surface area contributed by atoms with E-state index in [-0.39, 0.29) is 17.8 Å². The molecule has 0 saturated heterocycles. The fourth-order valence-corrected chi connectivity index (χ4v) is 3.33. The number of benzene rings is 3. The molecule has 6 nitrogen and oxygen atoms in total. The number of urea groups is 1. The Hall–Kier alpha value is -4.01. The van der Waals surface area contributed by atoms with Gasteiger partial charge in [-0.05, 0) is 60.9 Å². The van der Waals surface area contributed by atoms with Crippen molar-refractivity contribution in [2.45, 2.75) is 31.1 Å². The fraction of sp³-hybridized carbons (Fsp3) is 0.200. The first kappa shape index (κ1) is 23.2. The number of alkyl halides is 3. The van der Waals surface area contributed by atoms with Crippen molar-refractivity contribution in [1.82, 2.24) is 5.32 Å². The molecule has 1 saturated carbocycles. The van der Waals surface area contributed by atoms with E-state index < -0.39 is 23.7 Å². The van der Waals surface area contributed by atoms with Gasteiger partial charge in [-0.25, -0.2) is 4.79 Å². The monoisotopic (exact) mass is 468 g/mol. The molecule has 176 valence electrons. The van der Waals surface area contributed by atoms with E-state index in [0.717, 1.165) is 25.0 Å². The largest absolute Gasteiger partial charge is 0.416 e. The minimum atomic E-state index is -4.51. The summed E-state index contributed by atoms with van der Waals surface area (Å²) in [5.74, 6) is -0.517. The van der Waals surface area contributed by atoms with Crippen LogP contribution in [0.5, 0.6) is 0 Å². The molecule has 0 spiro atoms. The molecule has 1 aliphatic carbocycles. The molecule has 1 atom stereocenters. The van der Waals surface area contributed by atoms with Gasteiger partial charge in [0.1, 0.15) is 6.04 Å². The summed E-state index contributed by atoms with van der Waals surface area (Å²) in [7, 11) is 0. The van der Waals surface area contributed by atoms with Gasteiger partial charge in [-0.2, -0.15) is 13.2 Å². The molecule has 3 aromatic carbocycles. The van der Waals surface area contributed by atoms with Gasteiger partial charge >= 0.3 is 12.2 Å². The zero-order chi connectivity index (χ0) is 24.1. The Morgan fingerprint density at radius 3 is 2.12 bits per heavy atom. The maximum absolute atomic E-state index is 13.1. The molecule has 3 amide bonds. The number of nitrogens with one attached hydrogen (secondary N) is 4. The number of hydrogen-bond acceptors (Lipinski definition) is 3. The summed E-state index contributed by atoms with van der Waals surface area (Å²) in [6.07, 6.45) is -2.54. The first-order chi connectivity index (χ1) is 16.3. The lowest BCUT2D eigenvalue weighted by molar-refractivity contribution is -0.137. The predicted octanol–water partition coefficient (Wildman–Crippen LogP) is 5.78. The minimum absolute atomic E-state index is 0.0452.